The molecule has 29 heavy (non-hydrogen) atoms. The first-order valence-electron chi connectivity index (χ1n) is 9.35. The fourth-order valence-electron chi connectivity index (χ4n) is 3.45. The Morgan fingerprint density at radius 3 is 2.72 bits per heavy atom. The van der Waals surface area contributed by atoms with Crippen LogP contribution in [0.3, 0.4) is 0 Å². The van der Waals surface area contributed by atoms with Crippen molar-refractivity contribution in [1.29, 1.82) is 0 Å². The van der Waals surface area contributed by atoms with E-state index in [4.69, 9.17) is 4.74 Å². The maximum Gasteiger partial charge on any atom is 0.275 e. The lowest BCUT2D eigenvalue weighted by Crippen LogP contribution is -2.45. The summed E-state index contributed by atoms with van der Waals surface area (Å²) in [4.78, 5) is 18.8. The van der Waals surface area contributed by atoms with Gasteiger partial charge in [-0.3, -0.25) is 9.48 Å². The van der Waals surface area contributed by atoms with Crippen LogP contribution in [0.4, 0.5) is 15.8 Å². The molecule has 9 heteroatoms. The number of thiazole rings is 1. The van der Waals surface area contributed by atoms with Crippen molar-refractivity contribution in [3.63, 3.8) is 0 Å². The Hall–Kier alpha value is -2.78. The number of amides is 1. The average Bonchev–Trinajstić information content (AvgIpc) is 3.30. The number of carbonyl (C=O) groups is 1. The summed E-state index contributed by atoms with van der Waals surface area (Å²) in [6, 6.07) is 4.74. The Morgan fingerprint density at radius 2 is 2.07 bits per heavy atom. The van der Waals surface area contributed by atoms with E-state index in [2.05, 4.69) is 15.4 Å². The molecule has 1 N–H and O–H groups in total. The SMILES string of the molecule is C[C@@H]1CN(c2ccc(NC(=O)c3csc(-c4cnn(C)c4)n3)cc2F)C[C@H](C)O1. The maximum atomic E-state index is 14.7. The lowest BCUT2D eigenvalue weighted by atomic mass is 10.2. The Morgan fingerprint density at radius 1 is 1.31 bits per heavy atom. The molecule has 3 aromatic rings. The smallest absolute Gasteiger partial charge is 0.275 e. The Bertz CT molecular complexity index is 1020. The number of aryl methyl sites for hydroxylation is 1. The van der Waals surface area contributed by atoms with Gasteiger partial charge < -0.3 is 15.0 Å². The molecule has 7 nitrogen and oxygen atoms in total. The molecule has 0 bridgehead atoms. The highest BCUT2D eigenvalue weighted by atomic mass is 32.1. The average molecular weight is 415 g/mol. The molecule has 1 aromatic carbocycles. The molecule has 3 heterocycles. The van der Waals surface area contributed by atoms with Gasteiger partial charge in [-0.1, -0.05) is 0 Å². The van der Waals surface area contributed by atoms with Gasteiger partial charge in [-0.15, -0.1) is 11.3 Å². The molecule has 4 rings (SSSR count). The van der Waals surface area contributed by atoms with E-state index in [9.17, 15) is 9.18 Å². The second-order valence-electron chi connectivity index (χ2n) is 7.22. The molecule has 0 spiro atoms. The summed E-state index contributed by atoms with van der Waals surface area (Å²) >= 11 is 1.36. The van der Waals surface area contributed by atoms with E-state index in [0.717, 1.165) is 5.56 Å². The molecule has 0 radical (unpaired) electrons. The Kier molecular flexibility index (Phi) is 5.33. The largest absolute Gasteiger partial charge is 0.372 e. The third kappa shape index (κ3) is 4.30. The lowest BCUT2D eigenvalue weighted by Gasteiger charge is -2.37. The number of rotatable bonds is 4. The first-order valence-corrected chi connectivity index (χ1v) is 10.2. The lowest BCUT2D eigenvalue weighted by molar-refractivity contribution is -0.00539. The van der Waals surface area contributed by atoms with Gasteiger partial charge in [-0.25, -0.2) is 9.37 Å². The van der Waals surface area contributed by atoms with Crippen LogP contribution in [-0.4, -0.2) is 46.0 Å². The summed E-state index contributed by atoms with van der Waals surface area (Å²) in [5, 5.41) is 9.22. The maximum absolute atomic E-state index is 14.7. The third-order valence-electron chi connectivity index (χ3n) is 4.65. The van der Waals surface area contributed by atoms with Gasteiger partial charge in [0, 0.05) is 43.0 Å². The van der Waals surface area contributed by atoms with Crippen LogP contribution in [0.5, 0.6) is 0 Å². The molecule has 1 fully saturated rings. The number of aromatic nitrogens is 3. The van der Waals surface area contributed by atoms with Crippen LogP contribution in [0, 0.1) is 5.82 Å². The quantitative estimate of drug-likeness (QED) is 0.706. The van der Waals surface area contributed by atoms with Crippen molar-refractivity contribution in [2.45, 2.75) is 26.1 Å². The minimum atomic E-state index is -0.378. The van der Waals surface area contributed by atoms with E-state index in [0.29, 0.717) is 29.5 Å². The fraction of sp³-hybridized carbons (Fsp3) is 0.350. The van der Waals surface area contributed by atoms with Crippen molar-refractivity contribution in [1.82, 2.24) is 14.8 Å². The normalized spacial score (nSPS) is 19.4. The Labute approximate surface area is 172 Å². The summed E-state index contributed by atoms with van der Waals surface area (Å²) in [7, 11) is 1.82. The highest BCUT2D eigenvalue weighted by Crippen LogP contribution is 2.27. The van der Waals surface area contributed by atoms with Gasteiger partial charge in [0.2, 0.25) is 0 Å². The van der Waals surface area contributed by atoms with Crippen LogP contribution in [0.2, 0.25) is 0 Å². The number of ether oxygens (including phenoxy) is 1. The van der Waals surface area contributed by atoms with Gasteiger partial charge in [0.1, 0.15) is 16.5 Å². The monoisotopic (exact) mass is 415 g/mol. The van der Waals surface area contributed by atoms with Crippen LogP contribution in [-0.2, 0) is 11.8 Å². The summed E-state index contributed by atoms with van der Waals surface area (Å²) in [5.41, 5.74) is 2.04. The minimum absolute atomic E-state index is 0.0382. The topological polar surface area (TPSA) is 72.3 Å². The van der Waals surface area contributed by atoms with Crippen molar-refractivity contribution >= 4 is 28.6 Å². The van der Waals surface area contributed by atoms with Crippen LogP contribution in [0.1, 0.15) is 24.3 Å². The second-order valence-corrected chi connectivity index (χ2v) is 8.08. The van der Waals surface area contributed by atoms with E-state index < -0.39 is 0 Å². The van der Waals surface area contributed by atoms with Crippen LogP contribution in [0.25, 0.3) is 10.6 Å². The number of morpholine rings is 1. The van der Waals surface area contributed by atoms with Crippen molar-refractivity contribution in [3.05, 3.63) is 47.5 Å². The predicted octanol–water partition coefficient (Wildman–Crippen LogP) is 3.55. The molecule has 0 aliphatic carbocycles. The zero-order valence-electron chi connectivity index (χ0n) is 16.4. The van der Waals surface area contributed by atoms with Crippen molar-refractivity contribution in [2.75, 3.05) is 23.3 Å². The van der Waals surface area contributed by atoms with Crippen LogP contribution in [0.15, 0.2) is 36.0 Å². The second kappa shape index (κ2) is 7.92. The van der Waals surface area contributed by atoms with E-state index in [1.807, 2.05) is 32.0 Å². The van der Waals surface area contributed by atoms with Gasteiger partial charge in [0.05, 0.1) is 24.1 Å². The molecule has 0 saturated carbocycles. The zero-order valence-corrected chi connectivity index (χ0v) is 17.2. The van der Waals surface area contributed by atoms with Gasteiger partial charge in [-0.05, 0) is 32.0 Å². The van der Waals surface area contributed by atoms with Gasteiger partial charge in [-0.2, -0.15) is 5.10 Å². The van der Waals surface area contributed by atoms with Crippen molar-refractivity contribution < 1.29 is 13.9 Å². The summed E-state index contributed by atoms with van der Waals surface area (Å²) in [6.07, 6.45) is 3.61. The summed E-state index contributed by atoms with van der Waals surface area (Å²) in [6.45, 7) is 5.21. The molecule has 0 unspecified atom stereocenters. The van der Waals surface area contributed by atoms with E-state index >= 15 is 0 Å². The molecular weight excluding hydrogens is 393 g/mol. The number of benzene rings is 1. The fourth-order valence-corrected chi connectivity index (χ4v) is 4.23. The number of anilines is 2. The number of nitrogens with one attached hydrogen (secondary N) is 1. The molecule has 1 aliphatic rings. The zero-order chi connectivity index (χ0) is 20.5. The summed E-state index contributed by atoms with van der Waals surface area (Å²) in [5.74, 6) is -0.754. The molecule has 1 saturated heterocycles. The van der Waals surface area contributed by atoms with Crippen LogP contribution < -0.4 is 10.2 Å². The van der Waals surface area contributed by atoms with Crippen molar-refractivity contribution in [3.8, 4) is 10.6 Å². The number of hydrogen-bond acceptors (Lipinski definition) is 6. The third-order valence-corrected chi connectivity index (χ3v) is 5.55. The number of nitrogens with zero attached hydrogens (tertiary/aromatic N) is 4. The molecule has 152 valence electrons. The molecular formula is C20H22FN5O2S. The first kappa shape index (κ1) is 19.5. The molecule has 1 amide bonds. The first-order chi connectivity index (χ1) is 13.9. The van der Waals surface area contributed by atoms with Gasteiger partial charge in [0.15, 0.2) is 0 Å². The molecule has 2 aromatic heterocycles. The Balaban J connectivity index is 1.46. The predicted molar refractivity (Wildman–Crippen MR) is 111 cm³/mol. The van der Waals surface area contributed by atoms with E-state index in [1.54, 1.807) is 28.4 Å². The number of hydrogen-bond donors (Lipinski definition) is 1. The van der Waals surface area contributed by atoms with Crippen LogP contribution >= 0.6 is 11.3 Å². The molecule has 1 aliphatic heterocycles. The van der Waals surface area contributed by atoms with Gasteiger partial charge in [0.25, 0.3) is 5.91 Å². The number of carbonyl (C=O) groups excluding carboxylic acids is 1. The highest BCUT2D eigenvalue weighted by molar-refractivity contribution is 7.13. The summed E-state index contributed by atoms with van der Waals surface area (Å²) < 4.78 is 22.1. The van der Waals surface area contributed by atoms with E-state index in [-0.39, 0.29) is 29.6 Å². The van der Waals surface area contributed by atoms with E-state index in [1.165, 1.54) is 17.4 Å². The molecule has 2 atom stereocenters. The minimum Gasteiger partial charge on any atom is -0.372 e. The highest BCUT2D eigenvalue weighted by Gasteiger charge is 2.24. The standard InChI is InChI=1S/C20H22FN5O2S/c1-12-8-26(9-13(2)28-12)18-5-4-15(6-16(18)21)23-19(27)17-11-29-20(24-17)14-7-22-25(3)10-14/h4-7,10-13H,8-9H2,1-3H3,(H,23,27)/t12-,13+. The number of halogens is 1. The van der Waals surface area contributed by atoms with Crippen molar-refractivity contribution in [2.24, 2.45) is 7.05 Å². The van der Waals surface area contributed by atoms with Gasteiger partial charge >= 0.3 is 0 Å².